The number of furan rings is 2. The maximum atomic E-state index is 9.01. The van der Waals surface area contributed by atoms with Crippen molar-refractivity contribution >= 4 is 0 Å². The quantitative estimate of drug-likeness (QED) is 0.835. The molecule has 0 radical (unpaired) electrons. The Bertz CT molecular complexity index is 532. The van der Waals surface area contributed by atoms with Gasteiger partial charge in [-0.3, -0.25) is 9.80 Å². The summed E-state index contributed by atoms with van der Waals surface area (Å²) in [6, 6.07) is 7.50. The van der Waals surface area contributed by atoms with Gasteiger partial charge in [0.1, 0.15) is 36.3 Å². The molecule has 2 aromatic rings. The SMILES string of the molecule is OCc1ccc(CN2CCN(Cc3ccc(CO)o3)CC2)o1. The lowest BCUT2D eigenvalue weighted by molar-refractivity contribution is 0.108. The van der Waals surface area contributed by atoms with Crippen LogP contribution in [-0.2, 0) is 26.3 Å². The van der Waals surface area contributed by atoms with Gasteiger partial charge in [0, 0.05) is 26.2 Å². The number of nitrogens with zero attached hydrogens (tertiary/aromatic N) is 2. The second-order valence-corrected chi connectivity index (χ2v) is 5.60. The van der Waals surface area contributed by atoms with Crippen LogP contribution in [0.5, 0.6) is 0 Å². The first kappa shape index (κ1) is 15.3. The van der Waals surface area contributed by atoms with Gasteiger partial charge < -0.3 is 19.0 Å². The summed E-state index contributed by atoms with van der Waals surface area (Å²) in [5.74, 6) is 3.03. The molecule has 0 unspecified atom stereocenters. The molecule has 0 saturated carbocycles. The summed E-state index contributed by atoms with van der Waals surface area (Å²) in [5.41, 5.74) is 0. The average molecular weight is 306 g/mol. The summed E-state index contributed by atoms with van der Waals surface area (Å²) in [6.07, 6.45) is 0. The van der Waals surface area contributed by atoms with Crippen molar-refractivity contribution in [2.24, 2.45) is 0 Å². The van der Waals surface area contributed by atoms with Crippen LogP contribution in [0.3, 0.4) is 0 Å². The summed E-state index contributed by atoms with van der Waals surface area (Å²) in [4.78, 5) is 4.69. The zero-order valence-corrected chi connectivity index (χ0v) is 12.6. The lowest BCUT2D eigenvalue weighted by Gasteiger charge is -2.33. The Morgan fingerprint density at radius 3 is 1.36 bits per heavy atom. The summed E-state index contributed by atoms with van der Waals surface area (Å²) in [7, 11) is 0. The molecule has 6 nitrogen and oxygen atoms in total. The molecule has 2 aromatic heterocycles. The first-order chi connectivity index (χ1) is 10.8. The summed E-state index contributed by atoms with van der Waals surface area (Å²) in [5, 5.41) is 18.0. The molecule has 3 heterocycles. The highest BCUT2D eigenvalue weighted by molar-refractivity contribution is 5.07. The summed E-state index contributed by atoms with van der Waals surface area (Å²) in [6.45, 7) is 5.36. The highest BCUT2D eigenvalue weighted by atomic mass is 16.4. The van der Waals surface area contributed by atoms with Crippen molar-refractivity contribution in [3.05, 3.63) is 47.3 Å². The molecule has 3 rings (SSSR count). The topological polar surface area (TPSA) is 73.2 Å². The van der Waals surface area contributed by atoms with Crippen molar-refractivity contribution in [3.8, 4) is 0 Å². The van der Waals surface area contributed by atoms with Crippen molar-refractivity contribution in [3.63, 3.8) is 0 Å². The molecule has 0 aliphatic carbocycles. The van der Waals surface area contributed by atoms with Crippen LogP contribution in [0, 0.1) is 0 Å². The largest absolute Gasteiger partial charge is 0.462 e. The van der Waals surface area contributed by atoms with Crippen molar-refractivity contribution in [2.75, 3.05) is 26.2 Å². The van der Waals surface area contributed by atoms with Crippen molar-refractivity contribution < 1.29 is 19.0 Å². The maximum Gasteiger partial charge on any atom is 0.129 e. The van der Waals surface area contributed by atoms with E-state index in [1.54, 1.807) is 0 Å². The Balaban J connectivity index is 1.45. The smallest absolute Gasteiger partial charge is 0.129 e. The Hall–Kier alpha value is -1.60. The van der Waals surface area contributed by atoms with Gasteiger partial charge in [-0.15, -0.1) is 0 Å². The van der Waals surface area contributed by atoms with Crippen LogP contribution in [-0.4, -0.2) is 46.2 Å². The molecule has 1 aliphatic rings. The van der Waals surface area contributed by atoms with Gasteiger partial charge in [0.15, 0.2) is 0 Å². The lowest BCUT2D eigenvalue weighted by Crippen LogP contribution is -2.45. The molecular formula is C16H22N2O4. The second-order valence-electron chi connectivity index (χ2n) is 5.60. The molecule has 0 bridgehead atoms. The van der Waals surface area contributed by atoms with Crippen LogP contribution in [0.1, 0.15) is 23.0 Å². The van der Waals surface area contributed by atoms with Crippen molar-refractivity contribution in [1.82, 2.24) is 9.80 Å². The Labute approximate surface area is 129 Å². The number of piperazine rings is 1. The minimum Gasteiger partial charge on any atom is -0.462 e. The van der Waals surface area contributed by atoms with E-state index in [2.05, 4.69) is 9.80 Å². The van der Waals surface area contributed by atoms with Gasteiger partial charge in [-0.2, -0.15) is 0 Å². The van der Waals surface area contributed by atoms with E-state index in [-0.39, 0.29) is 13.2 Å². The number of rotatable bonds is 6. The van der Waals surface area contributed by atoms with Gasteiger partial charge >= 0.3 is 0 Å². The normalized spacial score (nSPS) is 17.2. The van der Waals surface area contributed by atoms with Gasteiger partial charge in [0.25, 0.3) is 0 Å². The monoisotopic (exact) mass is 306 g/mol. The van der Waals surface area contributed by atoms with Crippen LogP contribution in [0.4, 0.5) is 0 Å². The minimum atomic E-state index is -0.0489. The maximum absolute atomic E-state index is 9.01. The van der Waals surface area contributed by atoms with Gasteiger partial charge in [-0.25, -0.2) is 0 Å². The molecule has 0 atom stereocenters. The molecule has 1 fully saturated rings. The van der Waals surface area contributed by atoms with Crippen LogP contribution in [0.15, 0.2) is 33.1 Å². The van der Waals surface area contributed by atoms with Crippen LogP contribution < -0.4 is 0 Å². The molecule has 22 heavy (non-hydrogen) atoms. The molecule has 2 N–H and O–H groups in total. The standard InChI is InChI=1S/C16H22N2O4/c19-11-15-3-1-13(21-15)9-17-5-7-18(8-6-17)10-14-2-4-16(12-20)22-14/h1-4,19-20H,5-12H2. The number of hydrogen-bond donors (Lipinski definition) is 2. The van der Waals surface area contributed by atoms with E-state index < -0.39 is 0 Å². The molecule has 0 amide bonds. The fourth-order valence-corrected chi connectivity index (χ4v) is 2.73. The number of aliphatic hydroxyl groups is 2. The first-order valence-corrected chi connectivity index (χ1v) is 7.58. The third-order valence-electron chi connectivity index (χ3n) is 3.97. The minimum absolute atomic E-state index is 0.0489. The number of hydrogen-bond acceptors (Lipinski definition) is 6. The van der Waals surface area contributed by atoms with Crippen molar-refractivity contribution in [2.45, 2.75) is 26.3 Å². The molecule has 0 aromatic carbocycles. The van der Waals surface area contributed by atoms with E-state index >= 15 is 0 Å². The summed E-state index contributed by atoms with van der Waals surface area (Å²) < 4.78 is 11.1. The van der Waals surface area contributed by atoms with E-state index in [1.807, 2.05) is 24.3 Å². The second kappa shape index (κ2) is 7.11. The summed E-state index contributed by atoms with van der Waals surface area (Å²) >= 11 is 0. The molecule has 120 valence electrons. The van der Waals surface area contributed by atoms with E-state index in [1.165, 1.54) is 0 Å². The zero-order chi connectivity index (χ0) is 15.4. The first-order valence-electron chi connectivity index (χ1n) is 7.58. The average Bonchev–Trinajstić information content (AvgIpc) is 3.18. The highest BCUT2D eigenvalue weighted by Crippen LogP contribution is 2.15. The van der Waals surface area contributed by atoms with Gasteiger partial charge in [0.05, 0.1) is 13.1 Å². The van der Waals surface area contributed by atoms with Crippen LogP contribution in [0.2, 0.25) is 0 Å². The molecular weight excluding hydrogens is 284 g/mol. The Morgan fingerprint density at radius 2 is 1.05 bits per heavy atom. The fourth-order valence-electron chi connectivity index (χ4n) is 2.73. The Kier molecular flexibility index (Phi) is 4.94. The van der Waals surface area contributed by atoms with Gasteiger partial charge in [-0.1, -0.05) is 0 Å². The third-order valence-corrected chi connectivity index (χ3v) is 3.97. The lowest BCUT2D eigenvalue weighted by atomic mass is 10.3. The van der Waals surface area contributed by atoms with Crippen molar-refractivity contribution in [1.29, 1.82) is 0 Å². The third kappa shape index (κ3) is 3.78. The predicted molar refractivity (Wildman–Crippen MR) is 79.8 cm³/mol. The highest BCUT2D eigenvalue weighted by Gasteiger charge is 2.19. The van der Waals surface area contributed by atoms with Crippen LogP contribution in [0.25, 0.3) is 0 Å². The van der Waals surface area contributed by atoms with E-state index in [0.717, 1.165) is 50.8 Å². The van der Waals surface area contributed by atoms with E-state index in [0.29, 0.717) is 11.5 Å². The molecule has 0 spiro atoms. The van der Waals surface area contributed by atoms with Crippen LogP contribution >= 0.6 is 0 Å². The predicted octanol–water partition coefficient (Wildman–Crippen LogP) is 1.18. The molecule has 1 saturated heterocycles. The molecule has 1 aliphatic heterocycles. The van der Waals surface area contributed by atoms with Gasteiger partial charge in [0.2, 0.25) is 0 Å². The van der Waals surface area contributed by atoms with Gasteiger partial charge in [-0.05, 0) is 24.3 Å². The fraction of sp³-hybridized carbons (Fsp3) is 0.500. The van der Waals surface area contributed by atoms with E-state index in [4.69, 9.17) is 19.0 Å². The zero-order valence-electron chi connectivity index (χ0n) is 12.6. The Morgan fingerprint density at radius 1 is 0.682 bits per heavy atom. The van der Waals surface area contributed by atoms with E-state index in [9.17, 15) is 0 Å². The molecule has 6 heteroatoms. The number of aliphatic hydroxyl groups excluding tert-OH is 2.